The smallest absolute Gasteiger partial charge is 0.315 e. The second-order valence-electron chi connectivity index (χ2n) is 3.89. The molecule has 1 amide bonds. The van der Waals surface area contributed by atoms with Gasteiger partial charge in [0.1, 0.15) is 6.10 Å². The van der Waals surface area contributed by atoms with Crippen molar-refractivity contribution in [2.75, 3.05) is 6.61 Å². The predicted molar refractivity (Wildman–Crippen MR) is 63.1 cm³/mol. The highest BCUT2D eigenvalue weighted by Gasteiger charge is 2.26. The number of aliphatic hydroxyl groups excluding tert-OH is 2. The summed E-state index contributed by atoms with van der Waals surface area (Å²) in [5.41, 5.74) is -0.0673. The zero-order chi connectivity index (χ0) is 15.3. The molecule has 0 fully saturated rings. The van der Waals surface area contributed by atoms with E-state index in [4.69, 9.17) is 5.11 Å². The van der Waals surface area contributed by atoms with Crippen LogP contribution in [0.5, 0.6) is 0 Å². The van der Waals surface area contributed by atoms with Gasteiger partial charge in [-0.05, 0) is 17.7 Å². The van der Waals surface area contributed by atoms with Gasteiger partial charge in [0.05, 0.1) is 17.6 Å². The molecule has 7 nitrogen and oxygen atoms in total. The number of benzene rings is 1. The number of nitrogens with zero attached hydrogens (tertiary/aromatic N) is 1. The number of nitrogens with one attached hydrogen (secondary N) is 1. The first-order valence-electron chi connectivity index (χ1n) is 5.48. The maximum atomic E-state index is 12.1. The number of non-ortho nitro benzene ring substituents is 1. The monoisotopic (exact) mass is 290 g/mol. The lowest BCUT2D eigenvalue weighted by Crippen LogP contribution is -2.44. The van der Waals surface area contributed by atoms with Gasteiger partial charge in [-0.15, -0.1) is 0 Å². The second-order valence-corrected chi connectivity index (χ2v) is 3.89. The van der Waals surface area contributed by atoms with Crippen molar-refractivity contribution >= 4 is 11.6 Å². The Morgan fingerprint density at radius 3 is 2.30 bits per heavy atom. The van der Waals surface area contributed by atoms with Gasteiger partial charge in [0.15, 0.2) is 0 Å². The van der Waals surface area contributed by atoms with Crippen LogP contribution in [0, 0.1) is 10.1 Å². The summed E-state index contributed by atoms with van der Waals surface area (Å²) in [7, 11) is 0. The van der Waals surface area contributed by atoms with Crippen molar-refractivity contribution in [3.05, 3.63) is 39.9 Å². The first-order valence-corrected chi connectivity index (χ1v) is 5.48. The van der Waals surface area contributed by atoms with E-state index in [-0.39, 0.29) is 11.3 Å². The van der Waals surface area contributed by atoms with Crippen LogP contribution < -0.4 is 5.32 Å². The van der Waals surface area contributed by atoms with Gasteiger partial charge in [-0.2, -0.15) is 8.78 Å². The first-order chi connectivity index (χ1) is 9.36. The van der Waals surface area contributed by atoms with Crippen molar-refractivity contribution in [1.82, 2.24) is 5.32 Å². The van der Waals surface area contributed by atoms with E-state index in [2.05, 4.69) is 0 Å². The van der Waals surface area contributed by atoms with Crippen LogP contribution in [-0.2, 0) is 4.79 Å². The summed E-state index contributed by atoms with van der Waals surface area (Å²) >= 11 is 0. The number of rotatable bonds is 6. The summed E-state index contributed by atoms with van der Waals surface area (Å²) in [6.07, 6.45) is -4.74. The third-order valence-corrected chi connectivity index (χ3v) is 2.55. The molecule has 0 aliphatic carbocycles. The number of nitro benzene ring substituents is 1. The van der Waals surface area contributed by atoms with Crippen LogP contribution in [0.1, 0.15) is 11.7 Å². The molecule has 1 aromatic carbocycles. The van der Waals surface area contributed by atoms with Gasteiger partial charge >= 0.3 is 6.43 Å². The average Bonchev–Trinajstić information content (AvgIpc) is 2.43. The summed E-state index contributed by atoms with van der Waals surface area (Å²) in [6.45, 7) is -0.767. The van der Waals surface area contributed by atoms with E-state index in [0.29, 0.717) is 0 Å². The molecule has 20 heavy (non-hydrogen) atoms. The van der Waals surface area contributed by atoms with Crippen molar-refractivity contribution < 1.29 is 28.7 Å². The van der Waals surface area contributed by atoms with Crippen molar-refractivity contribution in [3.63, 3.8) is 0 Å². The molecule has 1 rings (SSSR count). The van der Waals surface area contributed by atoms with Gasteiger partial charge < -0.3 is 15.5 Å². The van der Waals surface area contributed by atoms with Gasteiger partial charge in [-0.3, -0.25) is 14.9 Å². The first kappa shape index (κ1) is 15.9. The van der Waals surface area contributed by atoms with Gasteiger partial charge in [0.2, 0.25) is 0 Å². The summed E-state index contributed by atoms with van der Waals surface area (Å²) in [4.78, 5) is 20.6. The van der Waals surface area contributed by atoms with Gasteiger partial charge in [0.25, 0.3) is 11.6 Å². The highest BCUT2D eigenvalue weighted by Crippen LogP contribution is 2.20. The molecule has 0 aromatic heterocycles. The Morgan fingerprint density at radius 2 is 1.90 bits per heavy atom. The second kappa shape index (κ2) is 6.87. The molecule has 2 atom stereocenters. The molecule has 0 aliphatic heterocycles. The Bertz CT molecular complexity index is 480. The molecule has 110 valence electrons. The van der Waals surface area contributed by atoms with E-state index in [1.54, 1.807) is 5.32 Å². The fourth-order valence-electron chi connectivity index (χ4n) is 1.50. The van der Waals surface area contributed by atoms with E-state index in [1.807, 2.05) is 0 Å². The van der Waals surface area contributed by atoms with E-state index in [0.717, 1.165) is 12.1 Å². The lowest BCUT2D eigenvalue weighted by molar-refractivity contribution is -0.384. The maximum Gasteiger partial charge on any atom is 0.315 e. The Balaban J connectivity index is 2.82. The predicted octanol–water partition coefficient (Wildman–Crippen LogP) is 0.370. The lowest BCUT2D eigenvalue weighted by atomic mass is 10.0. The molecule has 0 bridgehead atoms. The van der Waals surface area contributed by atoms with Crippen molar-refractivity contribution in [1.29, 1.82) is 0 Å². The van der Waals surface area contributed by atoms with E-state index >= 15 is 0 Å². The number of alkyl halides is 2. The van der Waals surface area contributed by atoms with Crippen LogP contribution in [0.25, 0.3) is 0 Å². The minimum Gasteiger partial charge on any atom is -0.394 e. The van der Waals surface area contributed by atoms with E-state index in [9.17, 15) is 28.8 Å². The largest absolute Gasteiger partial charge is 0.394 e. The number of halogens is 2. The minimum atomic E-state index is -3.27. The Labute approximate surface area is 112 Å². The third kappa shape index (κ3) is 3.93. The lowest BCUT2D eigenvalue weighted by Gasteiger charge is -2.22. The third-order valence-electron chi connectivity index (χ3n) is 2.55. The molecular formula is C11H12F2N2O5. The quantitative estimate of drug-likeness (QED) is 0.517. The number of carbonyl (C=O) groups excluding carboxylic acids is 1. The molecule has 1 aromatic rings. The van der Waals surface area contributed by atoms with E-state index in [1.165, 1.54) is 12.1 Å². The SMILES string of the molecule is O=C(NC(CO)C(O)c1ccc([N+](=O)[O-])cc1)C(F)F. The van der Waals surface area contributed by atoms with E-state index < -0.39 is 36.0 Å². The standard InChI is InChI=1S/C11H12F2N2O5/c12-10(13)11(18)14-8(5-16)9(17)6-1-3-7(4-2-6)15(19)20/h1-4,8-10,16-17H,5H2,(H,14,18). The number of carbonyl (C=O) groups is 1. The van der Waals surface area contributed by atoms with Crippen molar-refractivity contribution in [2.45, 2.75) is 18.6 Å². The molecule has 9 heteroatoms. The molecule has 0 aliphatic rings. The van der Waals surface area contributed by atoms with Gasteiger partial charge in [-0.25, -0.2) is 0 Å². The molecule has 0 saturated heterocycles. The number of aliphatic hydroxyl groups is 2. The molecule has 2 unspecified atom stereocenters. The van der Waals surface area contributed by atoms with Crippen molar-refractivity contribution in [2.24, 2.45) is 0 Å². The summed E-state index contributed by atoms with van der Waals surface area (Å²) in [5, 5.41) is 31.1. The van der Waals surface area contributed by atoms with Gasteiger partial charge in [0, 0.05) is 12.1 Å². The molecule has 0 spiro atoms. The minimum absolute atomic E-state index is 0.143. The van der Waals surface area contributed by atoms with Crippen LogP contribution in [0.2, 0.25) is 0 Å². The zero-order valence-electron chi connectivity index (χ0n) is 10.1. The maximum absolute atomic E-state index is 12.1. The molecule has 0 radical (unpaired) electrons. The average molecular weight is 290 g/mol. The number of hydrogen-bond acceptors (Lipinski definition) is 5. The molecule has 0 saturated carbocycles. The summed E-state index contributed by atoms with van der Waals surface area (Å²) < 4.78 is 24.2. The number of nitro groups is 1. The van der Waals surface area contributed by atoms with Crippen LogP contribution in [0.15, 0.2) is 24.3 Å². The van der Waals surface area contributed by atoms with Crippen LogP contribution in [0.3, 0.4) is 0 Å². The van der Waals surface area contributed by atoms with Gasteiger partial charge in [-0.1, -0.05) is 0 Å². The highest BCUT2D eigenvalue weighted by atomic mass is 19.3. The molecule has 3 N–H and O–H groups in total. The number of hydrogen-bond donors (Lipinski definition) is 3. The topological polar surface area (TPSA) is 113 Å². The van der Waals surface area contributed by atoms with Crippen molar-refractivity contribution in [3.8, 4) is 0 Å². The van der Waals surface area contributed by atoms with Crippen LogP contribution >= 0.6 is 0 Å². The Morgan fingerprint density at radius 1 is 1.35 bits per heavy atom. The zero-order valence-corrected chi connectivity index (χ0v) is 10.1. The Hall–Kier alpha value is -2.13. The van der Waals surface area contributed by atoms with Crippen LogP contribution in [-0.4, -0.2) is 40.1 Å². The van der Waals surface area contributed by atoms with Crippen LogP contribution in [0.4, 0.5) is 14.5 Å². The normalized spacial score (nSPS) is 13.8. The fourth-order valence-corrected chi connectivity index (χ4v) is 1.50. The fraction of sp³-hybridized carbons (Fsp3) is 0.364. The summed E-state index contributed by atoms with van der Waals surface area (Å²) in [6, 6.07) is 3.31. The molecule has 0 heterocycles. The Kier molecular flexibility index (Phi) is 5.47. The number of amides is 1. The molecular weight excluding hydrogens is 278 g/mol. The summed E-state index contributed by atoms with van der Waals surface area (Å²) in [5.74, 6) is -1.62. The highest BCUT2D eigenvalue weighted by molar-refractivity contribution is 5.79.